The van der Waals surface area contributed by atoms with Crippen molar-refractivity contribution in [1.82, 2.24) is 29.8 Å². The van der Waals surface area contributed by atoms with Gasteiger partial charge in [0.1, 0.15) is 5.82 Å². The number of carbonyl (C=O) groups excluding carboxylic acids is 1. The van der Waals surface area contributed by atoms with Gasteiger partial charge < -0.3 is 10.6 Å². The van der Waals surface area contributed by atoms with Crippen LogP contribution < -0.4 is 21.9 Å². The number of anilines is 2. The lowest BCUT2D eigenvalue weighted by atomic mass is 10.1. The van der Waals surface area contributed by atoms with Crippen LogP contribution in [0.2, 0.25) is 0 Å². The number of amides is 1. The first-order valence-corrected chi connectivity index (χ1v) is 12.2. The van der Waals surface area contributed by atoms with Gasteiger partial charge in [-0.2, -0.15) is 4.68 Å². The highest BCUT2D eigenvalue weighted by atomic mass is 32.2. The molecule has 1 aromatic carbocycles. The number of aromatic nitrogens is 6. The second kappa shape index (κ2) is 11.1. The van der Waals surface area contributed by atoms with E-state index in [0.717, 1.165) is 23.2 Å². The monoisotopic (exact) mass is 486 g/mol. The van der Waals surface area contributed by atoms with Crippen LogP contribution in [0.1, 0.15) is 44.2 Å². The number of thioether (sulfide) groups is 1. The summed E-state index contributed by atoms with van der Waals surface area (Å²) in [5.41, 5.74) is 7.89. The van der Waals surface area contributed by atoms with E-state index in [0.29, 0.717) is 31.1 Å². The topological polar surface area (TPSA) is 145 Å². The number of nitrogens with two attached hydrogens (primary N) is 1. The lowest BCUT2D eigenvalue weighted by Gasteiger charge is -2.24. The number of aromatic amines is 1. The molecule has 0 aliphatic heterocycles. The van der Waals surface area contributed by atoms with Crippen LogP contribution in [0.15, 0.2) is 32.9 Å². The van der Waals surface area contributed by atoms with Crippen molar-refractivity contribution in [2.45, 2.75) is 58.7 Å². The van der Waals surface area contributed by atoms with E-state index in [1.807, 2.05) is 45.9 Å². The number of nitrogens with zero attached hydrogens (tertiary/aromatic N) is 6. The molecule has 0 aliphatic carbocycles. The number of hydrogen-bond donors (Lipinski definition) is 2. The van der Waals surface area contributed by atoms with Crippen molar-refractivity contribution >= 4 is 29.2 Å². The first kappa shape index (κ1) is 25.2. The summed E-state index contributed by atoms with van der Waals surface area (Å²) in [6.07, 6.45) is 2.13. The van der Waals surface area contributed by atoms with Crippen LogP contribution in [0.25, 0.3) is 5.69 Å². The summed E-state index contributed by atoms with van der Waals surface area (Å²) in [4.78, 5) is 41.8. The Bertz CT molecular complexity index is 1280. The minimum absolute atomic E-state index is 0.000992. The Labute approximate surface area is 201 Å². The fraction of sp³-hybridized carbons (Fsp3) is 0.455. The zero-order valence-corrected chi connectivity index (χ0v) is 20.7. The Morgan fingerprint density at radius 2 is 1.97 bits per heavy atom. The molecule has 1 amide bonds. The molecule has 182 valence electrons. The summed E-state index contributed by atoms with van der Waals surface area (Å²) in [6.45, 7) is 8.50. The summed E-state index contributed by atoms with van der Waals surface area (Å²) >= 11 is 1.17. The van der Waals surface area contributed by atoms with Gasteiger partial charge in [-0.1, -0.05) is 49.7 Å². The number of aryl methyl sites for hydroxylation is 2. The molecule has 2 heterocycles. The Kier molecular flexibility index (Phi) is 8.26. The molecule has 3 aromatic rings. The van der Waals surface area contributed by atoms with Crippen LogP contribution >= 0.6 is 11.8 Å². The van der Waals surface area contributed by atoms with Gasteiger partial charge in [0.2, 0.25) is 11.1 Å². The van der Waals surface area contributed by atoms with E-state index >= 15 is 0 Å². The molecular weight excluding hydrogens is 456 g/mol. The van der Waals surface area contributed by atoms with E-state index in [1.165, 1.54) is 21.2 Å². The normalized spacial score (nSPS) is 11.1. The van der Waals surface area contributed by atoms with Crippen LogP contribution in [-0.2, 0) is 11.3 Å². The summed E-state index contributed by atoms with van der Waals surface area (Å²) in [5.74, 6) is -0.349. The zero-order valence-electron chi connectivity index (χ0n) is 19.9. The Morgan fingerprint density at radius 3 is 2.65 bits per heavy atom. The average Bonchev–Trinajstić information content (AvgIpc) is 3.25. The van der Waals surface area contributed by atoms with Gasteiger partial charge in [0, 0.05) is 13.1 Å². The molecule has 0 fully saturated rings. The molecule has 0 atom stereocenters. The molecule has 0 bridgehead atoms. The second-order valence-corrected chi connectivity index (χ2v) is 8.94. The lowest BCUT2D eigenvalue weighted by Crippen LogP contribution is -2.42. The first-order chi connectivity index (χ1) is 16.3. The zero-order chi connectivity index (χ0) is 24.8. The number of carbonyl (C=O) groups is 1. The van der Waals surface area contributed by atoms with E-state index in [1.54, 1.807) is 4.68 Å². The van der Waals surface area contributed by atoms with Crippen molar-refractivity contribution in [2.24, 2.45) is 0 Å². The number of tetrazole rings is 1. The van der Waals surface area contributed by atoms with Crippen molar-refractivity contribution in [3.63, 3.8) is 0 Å². The summed E-state index contributed by atoms with van der Waals surface area (Å²) < 4.78 is 2.88. The number of H-pyrrole nitrogens is 1. The highest BCUT2D eigenvalue weighted by Crippen LogP contribution is 2.24. The molecule has 11 nitrogen and oxygen atoms in total. The minimum Gasteiger partial charge on any atom is -0.383 e. The highest BCUT2D eigenvalue weighted by Gasteiger charge is 2.25. The lowest BCUT2D eigenvalue weighted by molar-refractivity contribution is -0.116. The molecule has 0 radical (unpaired) electrons. The van der Waals surface area contributed by atoms with Gasteiger partial charge >= 0.3 is 5.69 Å². The number of nitrogen functional groups attached to an aromatic ring is 1. The van der Waals surface area contributed by atoms with E-state index in [2.05, 4.69) is 20.5 Å². The van der Waals surface area contributed by atoms with Crippen molar-refractivity contribution in [3.8, 4) is 5.69 Å². The molecule has 0 saturated heterocycles. The number of rotatable bonds is 10. The fourth-order valence-electron chi connectivity index (χ4n) is 3.63. The first-order valence-electron chi connectivity index (χ1n) is 11.2. The second-order valence-electron chi connectivity index (χ2n) is 8.00. The van der Waals surface area contributed by atoms with Crippen LogP contribution in [0.4, 0.5) is 11.5 Å². The Balaban J connectivity index is 1.89. The average molecular weight is 487 g/mol. The van der Waals surface area contributed by atoms with Gasteiger partial charge in [-0.15, -0.1) is 5.10 Å². The van der Waals surface area contributed by atoms with Crippen molar-refractivity contribution in [2.75, 3.05) is 22.9 Å². The third-order valence-corrected chi connectivity index (χ3v) is 6.22. The third-order valence-electron chi connectivity index (χ3n) is 5.31. The van der Waals surface area contributed by atoms with E-state index in [4.69, 9.17) is 5.73 Å². The largest absolute Gasteiger partial charge is 0.383 e. The molecule has 3 N–H and O–H groups in total. The van der Waals surface area contributed by atoms with Gasteiger partial charge in [0.25, 0.3) is 5.56 Å². The maximum Gasteiger partial charge on any atom is 0.330 e. The molecule has 3 rings (SSSR count). The van der Waals surface area contributed by atoms with Gasteiger partial charge in [-0.05, 0) is 48.7 Å². The van der Waals surface area contributed by atoms with Crippen LogP contribution in [0.5, 0.6) is 0 Å². The van der Waals surface area contributed by atoms with Crippen LogP contribution in [0, 0.1) is 13.8 Å². The summed E-state index contributed by atoms with van der Waals surface area (Å²) in [5, 5.41) is 12.4. The van der Waals surface area contributed by atoms with E-state index < -0.39 is 11.2 Å². The molecule has 12 heteroatoms. The van der Waals surface area contributed by atoms with Gasteiger partial charge in [0.05, 0.1) is 11.4 Å². The van der Waals surface area contributed by atoms with Gasteiger partial charge in [0.15, 0.2) is 5.69 Å². The third kappa shape index (κ3) is 5.38. The Hall–Kier alpha value is -3.41. The minimum atomic E-state index is -0.676. The van der Waals surface area contributed by atoms with E-state index in [9.17, 15) is 14.4 Å². The quantitative estimate of drug-likeness (QED) is 0.414. The Morgan fingerprint density at radius 1 is 1.21 bits per heavy atom. The van der Waals surface area contributed by atoms with Crippen molar-refractivity contribution in [3.05, 3.63) is 50.2 Å². The van der Waals surface area contributed by atoms with Crippen LogP contribution in [-0.4, -0.2) is 48.0 Å². The highest BCUT2D eigenvalue weighted by molar-refractivity contribution is 7.99. The molecule has 0 unspecified atom stereocenters. The van der Waals surface area contributed by atoms with Gasteiger partial charge in [-0.3, -0.25) is 19.1 Å². The predicted molar refractivity (Wildman–Crippen MR) is 133 cm³/mol. The molecule has 34 heavy (non-hydrogen) atoms. The van der Waals surface area contributed by atoms with Crippen molar-refractivity contribution < 1.29 is 4.79 Å². The number of unbranched alkanes of at least 4 members (excludes halogenated alkanes) is 1. The predicted octanol–water partition coefficient (Wildman–Crippen LogP) is 2.05. The molecule has 0 spiro atoms. The van der Waals surface area contributed by atoms with Crippen LogP contribution in [0.3, 0.4) is 0 Å². The molecule has 0 saturated carbocycles. The SMILES string of the molecule is CCCCN(C(=O)CSc1nnnn1-c1ccc(C)cc1C)c1c(N)n(CCC)c(=O)[nH]c1=O. The maximum absolute atomic E-state index is 13.3. The number of benzene rings is 1. The number of nitrogens with one attached hydrogen (secondary N) is 1. The smallest absolute Gasteiger partial charge is 0.330 e. The van der Waals surface area contributed by atoms with Gasteiger partial charge in [-0.25, -0.2) is 4.79 Å². The standard InChI is InChI=1S/C22H30N8O3S/c1-5-7-11-28(18-19(23)29(10-6-2)21(33)24-20(18)32)17(31)13-34-22-25-26-27-30(22)16-9-8-14(3)12-15(16)4/h8-9,12H,5-7,10-11,13,23H2,1-4H3,(H,24,32,33). The summed E-state index contributed by atoms with van der Waals surface area (Å²) in [7, 11) is 0. The fourth-order valence-corrected chi connectivity index (χ4v) is 4.39. The molecule has 2 aromatic heterocycles. The van der Waals surface area contributed by atoms with E-state index in [-0.39, 0.29) is 23.2 Å². The molecule has 0 aliphatic rings. The summed E-state index contributed by atoms with van der Waals surface area (Å²) in [6, 6.07) is 5.93. The molecular formula is C22H30N8O3S. The number of hydrogen-bond acceptors (Lipinski definition) is 8. The maximum atomic E-state index is 13.3. The van der Waals surface area contributed by atoms with Crippen molar-refractivity contribution in [1.29, 1.82) is 0 Å².